The lowest BCUT2D eigenvalue weighted by Gasteiger charge is -1.99. The van der Waals surface area contributed by atoms with Crippen molar-refractivity contribution in [1.29, 1.82) is 0 Å². The van der Waals surface area contributed by atoms with Gasteiger partial charge in [-0.2, -0.15) is 0 Å². The van der Waals surface area contributed by atoms with E-state index in [1.54, 1.807) is 0 Å². The first-order chi connectivity index (χ1) is 9.41. The second-order valence-corrected chi connectivity index (χ2v) is 3.83. The number of nitro groups is 1. The van der Waals surface area contributed by atoms with E-state index in [4.69, 9.17) is 5.11 Å². The van der Waals surface area contributed by atoms with Gasteiger partial charge in [0.1, 0.15) is 0 Å². The van der Waals surface area contributed by atoms with Crippen molar-refractivity contribution in [2.75, 3.05) is 6.54 Å². The average molecular weight is 276 g/mol. The Morgan fingerprint density at radius 2 is 2.15 bits per heavy atom. The summed E-state index contributed by atoms with van der Waals surface area (Å²) in [6, 6.07) is 3.47. The van der Waals surface area contributed by atoms with Crippen molar-refractivity contribution >= 4 is 17.6 Å². The molecule has 20 heavy (non-hydrogen) atoms. The highest BCUT2D eigenvalue weighted by atomic mass is 16.6. The summed E-state index contributed by atoms with van der Waals surface area (Å²) in [6.45, 7) is 1.74. The summed E-state index contributed by atoms with van der Waals surface area (Å²) in [5.74, 6) is 3.88. The molecule has 0 heterocycles. The number of hydrogen-bond donors (Lipinski definition) is 2. The molecule has 0 spiro atoms. The average Bonchev–Trinajstić information content (AvgIpc) is 2.37. The lowest BCUT2D eigenvalue weighted by Crippen LogP contribution is -2.20. The molecule has 1 aromatic rings. The van der Waals surface area contributed by atoms with Gasteiger partial charge in [0.25, 0.3) is 5.69 Å². The molecule has 0 aromatic heterocycles. The number of aromatic carboxylic acids is 1. The van der Waals surface area contributed by atoms with Gasteiger partial charge in [0.2, 0.25) is 5.91 Å². The smallest absolute Gasteiger partial charge is 0.337 e. The van der Waals surface area contributed by atoms with Gasteiger partial charge in [-0.1, -0.05) is 11.8 Å². The summed E-state index contributed by atoms with van der Waals surface area (Å²) in [5, 5.41) is 22.1. The number of carboxylic acids is 1. The van der Waals surface area contributed by atoms with Gasteiger partial charge in [0, 0.05) is 37.6 Å². The minimum absolute atomic E-state index is 0.173. The van der Waals surface area contributed by atoms with Crippen molar-refractivity contribution in [3.05, 3.63) is 39.4 Å². The normalized spacial score (nSPS) is 9.25. The van der Waals surface area contributed by atoms with Gasteiger partial charge < -0.3 is 10.4 Å². The SMILES string of the molecule is CC(=O)NCCC#Cc1ccc([N+](=O)[O-])cc1C(=O)O. The number of nitrogens with one attached hydrogen (secondary N) is 1. The third-order valence-electron chi connectivity index (χ3n) is 2.29. The highest BCUT2D eigenvalue weighted by Gasteiger charge is 2.14. The van der Waals surface area contributed by atoms with Crippen LogP contribution in [0.25, 0.3) is 0 Å². The zero-order valence-electron chi connectivity index (χ0n) is 10.7. The topological polar surface area (TPSA) is 110 Å². The number of non-ortho nitro benzene ring substituents is 1. The first-order valence-electron chi connectivity index (χ1n) is 5.67. The van der Waals surface area contributed by atoms with Crippen molar-refractivity contribution in [3.63, 3.8) is 0 Å². The van der Waals surface area contributed by atoms with Gasteiger partial charge in [0.15, 0.2) is 0 Å². The van der Waals surface area contributed by atoms with E-state index in [1.165, 1.54) is 19.1 Å². The second-order valence-electron chi connectivity index (χ2n) is 3.83. The number of amides is 1. The quantitative estimate of drug-likeness (QED) is 0.371. The molecule has 0 fully saturated rings. The van der Waals surface area contributed by atoms with Crippen LogP contribution in [0.2, 0.25) is 0 Å². The number of nitro benzene ring substituents is 1. The van der Waals surface area contributed by atoms with Crippen molar-refractivity contribution < 1.29 is 19.6 Å². The highest BCUT2D eigenvalue weighted by molar-refractivity contribution is 5.91. The van der Waals surface area contributed by atoms with Gasteiger partial charge >= 0.3 is 5.97 Å². The van der Waals surface area contributed by atoms with E-state index in [0.717, 1.165) is 6.07 Å². The second kappa shape index (κ2) is 6.89. The molecule has 0 atom stereocenters. The molecule has 0 saturated carbocycles. The lowest BCUT2D eigenvalue weighted by molar-refractivity contribution is -0.384. The molecule has 1 rings (SSSR count). The molecule has 2 N–H and O–H groups in total. The van der Waals surface area contributed by atoms with Crippen LogP contribution in [0.4, 0.5) is 5.69 Å². The number of benzene rings is 1. The van der Waals surface area contributed by atoms with E-state index in [0.29, 0.717) is 13.0 Å². The fourth-order valence-corrected chi connectivity index (χ4v) is 1.39. The third kappa shape index (κ3) is 4.42. The largest absolute Gasteiger partial charge is 0.478 e. The minimum atomic E-state index is -1.28. The molecule has 104 valence electrons. The Kier molecular flexibility index (Phi) is 5.23. The van der Waals surface area contributed by atoms with Gasteiger partial charge in [-0.3, -0.25) is 14.9 Å². The molecule has 7 heteroatoms. The maximum atomic E-state index is 11.0. The fraction of sp³-hybridized carbons (Fsp3) is 0.231. The van der Waals surface area contributed by atoms with Gasteiger partial charge in [-0.25, -0.2) is 4.79 Å². The molecule has 0 aliphatic rings. The van der Waals surface area contributed by atoms with Gasteiger partial charge in [-0.15, -0.1) is 0 Å². The van der Waals surface area contributed by atoms with Crippen LogP contribution in [-0.2, 0) is 4.79 Å². The Bertz CT molecular complexity index is 613. The molecule has 0 aliphatic carbocycles. The van der Waals surface area contributed by atoms with E-state index in [-0.39, 0.29) is 22.7 Å². The number of nitrogens with zero attached hydrogens (tertiary/aromatic N) is 1. The fourth-order valence-electron chi connectivity index (χ4n) is 1.39. The maximum Gasteiger partial charge on any atom is 0.337 e. The molecule has 0 bridgehead atoms. The summed E-state index contributed by atoms with van der Waals surface area (Å²) in [4.78, 5) is 31.6. The van der Waals surface area contributed by atoms with Crippen molar-refractivity contribution in [3.8, 4) is 11.8 Å². The van der Waals surface area contributed by atoms with Crippen molar-refractivity contribution in [2.45, 2.75) is 13.3 Å². The van der Waals surface area contributed by atoms with E-state index in [2.05, 4.69) is 17.2 Å². The first-order valence-corrected chi connectivity index (χ1v) is 5.67. The Balaban J connectivity index is 2.90. The number of carboxylic acid groups (broad SMARTS) is 1. The van der Waals surface area contributed by atoms with E-state index in [1.807, 2.05) is 0 Å². The molecule has 0 unspecified atom stereocenters. The predicted molar refractivity (Wildman–Crippen MR) is 70.2 cm³/mol. The lowest BCUT2D eigenvalue weighted by atomic mass is 10.1. The molecular weight excluding hydrogens is 264 g/mol. The summed E-state index contributed by atoms with van der Waals surface area (Å²) < 4.78 is 0. The van der Waals surface area contributed by atoms with Crippen LogP contribution in [0.15, 0.2) is 18.2 Å². The van der Waals surface area contributed by atoms with Crippen LogP contribution in [0.3, 0.4) is 0 Å². The Morgan fingerprint density at radius 1 is 1.45 bits per heavy atom. The van der Waals surface area contributed by atoms with E-state index < -0.39 is 10.9 Å². The predicted octanol–water partition coefficient (Wildman–Crippen LogP) is 1.17. The molecule has 1 amide bonds. The van der Waals surface area contributed by atoms with Crippen LogP contribution in [0.1, 0.15) is 29.3 Å². The molecule has 7 nitrogen and oxygen atoms in total. The number of carbonyl (C=O) groups excluding carboxylic acids is 1. The molecule has 1 aromatic carbocycles. The van der Waals surface area contributed by atoms with Crippen molar-refractivity contribution in [1.82, 2.24) is 5.32 Å². The number of carbonyl (C=O) groups is 2. The van der Waals surface area contributed by atoms with Crippen LogP contribution in [0.5, 0.6) is 0 Å². The Hall–Kier alpha value is -2.88. The summed E-state index contributed by atoms with van der Waals surface area (Å²) >= 11 is 0. The molecular formula is C13H12N2O5. The molecule has 0 radical (unpaired) electrons. The van der Waals surface area contributed by atoms with E-state index in [9.17, 15) is 19.7 Å². The standard InChI is InChI=1S/C13H12N2O5/c1-9(16)14-7-3-2-4-10-5-6-11(15(19)20)8-12(10)13(17)18/h5-6,8H,3,7H2,1H3,(H,14,16)(H,17,18). The molecule has 0 aliphatic heterocycles. The van der Waals surface area contributed by atoms with Gasteiger partial charge in [0.05, 0.1) is 10.5 Å². The number of rotatable bonds is 4. The van der Waals surface area contributed by atoms with Crippen LogP contribution >= 0.6 is 0 Å². The number of hydrogen-bond acceptors (Lipinski definition) is 4. The van der Waals surface area contributed by atoms with Crippen LogP contribution in [0, 0.1) is 22.0 Å². The van der Waals surface area contributed by atoms with Crippen molar-refractivity contribution in [2.24, 2.45) is 0 Å². The minimum Gasteiger partial charge on any atom is -0.478 e. The summed E-state index contributed by atoms with van der Waals surface area (Å²) in [5.41, 5.74) is -0.316. The van der Waals surface area contributed by atoms with E-state index >= 15 is 0 Å². The maximum absolute atomic E-state index is 11.0. The van der Waals surface area contributed by atoms with Crippen LogP contribution in [-0.4, -0.2) is 28.5 Å². The summed E-state index contributed by atoms with van der Waals surface area (Å²) in [6.07, 6.45) is 0.357. The monoisotopic (exact) mass is 276 g/mol. The zero-order chi connectivity index (χ0) is 15.1. The van der Waals surface area contributed by atoms with Crippen LogP contribution < -0.4 is 5.32 Å². The Labute approximate surface area is 114 Å². The highest BCUT2D eigenvalue weighted by Crippen LogP contribution is 2.17. The third-order valence-corrected chi connectivity index (χ3v) is 2.29. The van der Waals surface area contributed by atoms with Gasteiger partial charge in [-0.05, 0) is 6.07 Å². The molecule has 0 saturated heterocycles. The zero-order valence-corrected chi connectivity index (χ0v) is 10.7. The first kappa shape index (κ1) is 15.2. The summed E-state index contributed by atoms with van der Waals surface area (Å²) in [7, 11) is 0. The Morgan fingerprint density at radius 3 is 2.70 bits per heavy atom.